The number of hydrogen-bond donors (Lipinski definition) is 1. The standard InChI is InChI=1S/C12H15F2NO/c1-8(2)7-12(13,14)10-5-3-4-9(6-10)11(15)16/h3-6,8H,7H2,1-2H3,(H2,15,16). The molecular formula is C12H15F2NO. The van der Waals surface area contributed by atoms with Crippen molar-refractivity contribution in [2.45, 2.75) is 26.2 Å². The van der Waals surface area contributed by atoms with Crippen LogP contribution in [0.1, 0.15) is 36.2 Å². The number of nitrogens with two attached hydrogens (primary N) is 1. The third-order valence-corrected chi connectivity index (χ3v) is 2.23. The summed E-state index contributed by atoms with van der Waals surface area (Å²) in [7, 11) is 0. The lowest BCUT2D eigenvalue weighted by molar-refractivity contribution is -0.0249. The van der Waals surface area contributed by atoms with Crippen molar-refractivity contribution >= 4 is 5.91 Å². The predicted molar refractivity (Wildman–Crippen MR) is 58.3 cm³/mol. The highest BCUT2D eigenvalue weighted by Crippen LogP contribution is 2.34. The fourth-order valence-electron chi connectivity index (χ4n) is 1.53. The molecule has 0 aromatic heterocycles. The van der Waals surface area contributed by atoms with E-state index in [-0.39, 0.29) is 23.5 Å². The first-order valence-corrected chi connectivity index (χ1v) is 5.11. The van der Waals surface area contributed by atoms with Crippen molar-refractivity contribution in [2.24, 2.45) is 11.7 Å². The van der Waals surface area contributed by atoms with Crippen LogP contribution in [0.4, 0.5) is 8.78 Å². The van der Waals surface area contributed by atoms with Crippen LogP contribution in [-0.4, -0.2) is 5.91 Å². The number of hydrogen-bond acceptors (Lipinski definition) is 1. The zero-order chi connectivity index (χ0) is 12.3. The topological polar surface area (TPSA) is 43.1 Å². The highest BCUT2D eigenvalue weighted by molar-refractivity contribution is 5.92. The fourth-order valence-corrected chi connectivity index (χ4v) is 1.53. The van der Waals surface area contributed by atoms with Gasteiger partial charge in [0.2, 0.25) is 5.91 Å². The molecule has 88 valence electrons. The molecule has 1 aromatic rings. The molecular weight excluding hydrogens is 212 g/mol. The van der Waals surface area contributed by atoms with Crippen molar-refractivity contribution in [1.82, 2.24) is 0 Å². The Morgan fingerprint density at radius 1 is 1.44 bits per heavy atom. The summed E-state index contributed by atoms with van der Waals surface area (Å²) < 4.78 is 27.4. The number of rotatable bonds is 4. The van der Waals surface area contributed by atoms with Gasteiger partial charge in [-0.25, -0.2) is 8.78 Å². The van der Waals surface area contributed by atoms with Crippen molar-refractivity contribution < 1.29 is 13.6 Å². The van der Waals surface area contributed by atoms with Gasteiger partial charge in [-0.15, -0.1) is 0 Å². The lowest BCUT2D eigenvalue weighted by atomic mass is 9.97. The Kier molecular flexibility index (Phi) is 3.62. The van der Waals surface area contributed by atoms with E-state index in [1.807, 2.05) is 0 Å². The zero-order valence-electron chi connectivity index (χ0n) is 9.34. The van der Waals surface area contributed by atoms with E-state index in [9.17, 15) is 13.6 Å². The first-order valence-electron chi connectivity index (χ1n) is 5.11. The van der Waals surface area contributed by atoms with Crippen LogP contribution in [-0.2, 0) is 5.92 Å². The molecule has 1 amide bonds. The van der Waals surface area contributed by atoms with E-state index in [4.69, 9.17) is 5.73 Å². The van der Waals surface area contributed by atoms with E-state index in [2.05, 4.69) is 0 Å². The summed E-state index contributed by atoms with van der Waals surface area (Å²) in [5.41, 5.74) is 5.00. The van der Waals surface area contributed by atoms with Gasteiger partial charge >= 0.3 is 0 Å². The lowest BCUT2D eigenvalue weighted by Crippen LogP contribution is -2.18. The molecule has 0 saturated heterocycles. The number of alkyl halides is 2. The van der Waals surface area contributed by atoms with Crippen LogP contribution in [0.15, 0.2) is 24.3 Å². The van der Waals surface area contributed by atoms with Crippen LogP contribution in [0, 0.1) is 5.92 Å². The lowest BCUT2D eigenvalue weighted by Gasteiger charge is -2.19. The Morgan fingerprint density at radius 3 is 2.56 bits per heavy atom. The van der Waals surface area contributed by atoms with Crippen LogP contribution in [0.25, 0.3) is 0 Å². The fraction of sp³-hybridized carbons (Fsp3) is 0.417. The molecule has 0 heterocycles. The summed E-state index contributed by atoms with van der Waals surface area (Å²) in [6.45, 7) is 3.46. The maximum absolute atomic E-state index is 13.7. The molecule has 4 heteroatoms. The molecule has 0 saturated carbocycles. The van der Waals surface area contributed by atoms with Crippen LogP contribution < -0.4 is 5.73 Å². The van der Waals surface area contributed by atoms with Gasteiger partial charge < -0.3 is 5.73 Å². The first-order chi connectivity index (χ1) is 7.33. The number of primary amides is 1. The van der Waals surface area contributed by atoms with Crippen molar-refractivity contribution in [1.29, 1.82) is 0 Å². The molecule has 0 aliphatic carbocycles. The van der Waals surface area contributed by atoms with E-state index in [1.54, 1.807) is 13.8 Å². The second kappa shape index (κ2) is 4.60. The summed E-state index contributed by atoms with van der Waals surface area (Å²) in [5, 5.41) is 0. The first kappa shape index (κ1) is 12.6. The summed E-state index contributed by atoms with van der Waals surface area (Å²) >= 11 is 0. The highest BCUT2D eigenvalue weighted by Gasteiger charge is 2.32. The largest absolute Gasteiger partial charge is 0.366 e. The Labute approximate surface area is 93.5 Å². The molecule has 2 N–H and O–H groups in total. The Morgan fingerprint density at radius 2 is 2.06 bits per heavy atom. The van der Waals surface area contributed by atoms with Gasteiger partial charge in [0.15, 0.2) is 0 Å². The van der Waals surface area contributed by atoms with E-state index in [0.29, 0.717) is 0 Å². The summed E-state index contributed by atoms with van der Waals surface area (Å²) in [5.74, 6) is -3.73. The van der Waals surface area contributed by atoms with Gasteiger partial charge in [0.05, 0.1) is 0 Å². The zero-order valence-corrected chi connectivity index (χ0v) is 9.34. The molecule has 0 fully saturated rings. The minimum Gasteiger partial charge on any atom is -0.366 e. The molecule has 0 aliphatic rings. The second-order valence-corrected chi connectivity index (χ2v) is 4.25. The number of carbonyl (C=O) groups excluding carboxylic acids is 1. The van der Waals surface area contributed by atoms with Crippen molar-refractivity contribution in [3.63, 3.8) is 0 Å². The van der Waals surface area contributed by atoms with Crippen LogP contribution in [0.5, 0.6) is 0 Å². The molecule has 16 heavy (non-hydrogen) atoms. The average molecular weight is 227 g/mol. The molecule has 2 nitrogen and oxygen atoms in total. The van der Waals surface area contributed by atoms with Crippen molar-refractivity contribution in [3.05, 3.63) is 35.4 Å². The van der Waals surface area contributed by atoms with E-state index in [1.165, 1.54) is 18.2 Å². The van der Waals surface area contributed by atoms with Crippen LogP contribution in [0.3, 0.4) is 0 Å². The van der Waals surface area contributed by atoms with Crippen LogP contribution in [0.2, 0.25) is 0 Å². The smallest absolute Gasteiger partial charge is 0.273 e. The average Bonchev–Trinajstić information content (AvgIpc) is 2.16. The minimum absolute atomic E-state index is 0.112. The Hall–Kier alpha value is -1.45. The minimum atomic E-state index is -2.92. The molecule has 1 aromatic carbocycles. The number of halogens is 2. The highest BCUT2D eigenvalue weighted by atomic mass is 19.3. The summed E-state index contributed by atoms with van der Waals surface area (Å²) in [4.78, 5) is 10.9. The number of amides is 1. The van der Waals surface area contributed by atoms with Gasteiger partial charge in [-0.3, -0.25) is 4.79 Å². The van der Waals surface area contributed by atoms with E-state index >= 15 is 0 Å². The monoisotopic (exact) mass is 227 g/mol. The predicted octanol–water partition coefficient (Wildman–Crippen LogP) is 2.92. The second-order valence-electron chi connectivity index (χ2n) is 4.25. The van der Waals surface area contributed by atoms with Gasteiger partial charge in [0.1, 0.15) is 0 Å². The van der Waals surface area contributed by atoms with Gasteiger partial charge in [0, 0.05) is 17.5 Å². The molecule has 0 atom stereocenters. The summed E-state index contributed by atoms with van der Waals surface area (Å²) in [6.07, 6.45) is -0.241. The van der Waals surface area contributed by atoms with E-state index in [0.717, 1.165) is 6.07 Å². The van der Waals surface area contributed by atoms with Crippen molar-refractivity contribution in [3.8, 4) is 0 Å². The number of benzene rings is 1. The molecule has 0 unspecified atom stereocenters. The van der Waals surface area contributed by atoms with Gasteiger partial charge in [-0.2, -0.15) is 0 Å². The summed E-state index contributed by atoms with van der Waals surface area (Å²) in [6, 6.07) is 5.32. The Balaban J connectivity index is 3.03. The van der Waals surface area contributed by atoms with Gasteiger partial charge in [-0.1, -0.05) is 26.0 Å². The van der Waals surface area contributed by atoms with Gasteiger partial charge in [0.25, 0.3) is 5.92 Å². The van der Waals surface area contributed by atoms with E-state index < -0.39 is 11.8 Å². The third kappa shape index (κ3) is 3.02. The van der Waals surface area contributed by atoms with Gasteiger partial charge in [-0.05, 0) is 18.1 Å². The van der Waals surface area contributed by atoms with Crippen molar-refractivity contribution in [2.75, 3.05) is 0 Å². The SMILES string of the molecule is CC(C)CC(F)(F)c1cccc(C(N)=O)c1. The third-order valence-electron chi connectivity index (χ3n) is 2.23. The molecule has 0 spiro atoms. The molecule has 0 aliphatic heterocycles. The normalized spacial score (nSPS) is 11.8. The molecule has 1 rings (SSSR count). The Bertz CT molecular complexity index is 388. The maximum Gasteiger partial charge on any atom is 0.273 e. The van der Waals surface area contributed by atoms with Crippen LogP contribution >= 0.6 is 0 Å². The molecule has 0 radical (unpaired) electrons. The quantitative estimate of drug-likeness (QED) is 0.844. The number of carbonyl (C=O) groups is 1. The maximum atomic E-state index is 13.7. The molecule has 0 bridgehead atoms.